The number of carboxylic acid groups (broad SMARTS) is 1. The summed E-state index contributed by atoms with van der Waals surface area (Å²) in [6, 6.07) is 7.24. The molecule has 0 aliphatic carbocycles. The molecule has 76 valence electrons. The van der Waals surface area contributed by atoms with Gasteiger partial charge < -0.3 is 9.84 Å². The molecule has 0 aliphatic heterocycles. The fourth-order valence-electron chi connectivity index (χ4n) is 1.10. The molecule has 0 amide bonds. The van der Waals surface area contributed by atoms with E-state index in [0.29, 0.717) is 5.75 Å². The number of benzene rings is 1. The van der Waals surface area contributed by atoms with E-state index < -0.39 is 12.2 Å². The fraction of sp³-hybridized carbons (Fsp3) is 0.300. The highest BCUT2D eigenvalue weighted by Crippen LogP contribution is 2.18. The van der Waals surface area contributed by atoms with Crippen LogP contribution in [0.3, 0.4) is 0 Å². The van der Waals surface area contributed by atoms with Crippen molar-refractivity contribution in [2.45, 2.75) is 19.6 Å². The van der Waals surface area contributed by atoms with Crippen LogP contribution in [-0.2, 0) is 11.2 Å². The maximum Gasteiger partial charge on any atom is 0.360 e. The summed E-state index contributed by atoms with van der Waals surface area (Å²) in [7, 11) is 0. The third kappa shape index (κ3) is 2.47. The van der Waals surface area contributed by atoms with Gasteiger partial charge in [-0.1, -0.05) is 25.1 Å². The van der Waals surface area contributed by atoms with Crippen LogP contribution in [0.5, 0.6) is 5.75 Å². The Morgan fingerprint density at radius 3 is 2.79 bits per heavy atom. The Bertz CT molecular complexity index is 325. The van der Waals surface area contributed by atoms with Gasteiger partial charge in [-0.15, -0.1) is 0 Å². The highest BCUT2D eigenvalue weighted by molar-refractivity contribution is 5.71. The summed E-state index contributed by atoms with van der Waals surface area (Å²) in [5.74, 6) is -0.638. The first-order valence-electron chi connectivity index (χ1n) is 4.38. The molecule has 14 heavy (non-hydrogen) atoms. The van der Waals surface area contributed by atoms with Crippen LogP contribution in [0.2, 0.25) is 0 Å². The first kappa shape index (κ1) is 10.5. The second-order valence-electron chi connectivity index (χ2n) is 2.84. The molecular weight excluding hydrogens is 182 g/mol. The fourth-order valence-corrected chi connectivity index (χ4v) is 1.10. The van der Waals surface area contributed by atoms with E-state index in [1.807, 2.05) is 19.1 Å². The largest absolute Gasteiger partial charge is 0.477 e. The Labute approximate surface area is 82.3 Å². The average Bonchev–Trinajstić information content (AvgIpc) is 2.18. The number of aryl methyl sites for hydroxylation is 1. The lowest BCUT2D eigenvalue weighted by molar-refractivity contribution is -0.144. The molecule has 0 aromatic heterocycles. The van der Waals surface area contributed by atoms with E-state index in [0.717, 1.165) is 12.0 Å². The molecule has 4 nitrogen and oxygen atoms in total. The van der Waals surface area contributed by atoms with Crippen LogP contribution in [0.1, 0.15) is 12.5 Å². The molecular formula is C10H13NO3. The Balaban J connectivity index is 2.80. The minimum absolute atomic E-state index is 0.532. The summed E-state index contributed by atoms with van der Waals surface area (Å²) in [6.45, 7) is 1.97. The molecule has 0 aliphatic rings. The molecule has 0 fully saturated rings. The van der Waals surface area contributed by atoms with Gasteiger partial charge in [-0.25, -0.2) is 4.79 Å². The standard InChI is InChI=1S/C10H13NO3/c1-2-7-5-3-4-6-8(7)14-9(11)10(12)13/h3-6,9H,2,11H2,1H3,(H,12,13). The van der Waals surface area contributed by atoms with Crippen LogP contribution < -0.4 is 10.5 Å². The van der Waals surface area contributed by atoms with Gasteiger partial charge in [-0.2, -0.15) is 0 Å². The zero-order valence-corrected chi connectivity index (χ0v) is 7.93. The summed E-state index contributed by atoms with van der Waals surface area (Å²) < 4.78 is 5.08. The maximum atomic E-state index is 10.5. The molecule has 0 heterocycles. The van der Waals surface area contributed by atoms with Crippen molar-refractivity contribution in [1.29, 1.82) is 0 Å². The highest BCUT2D eigenvalue weighted by atomic mass is 16.5. The van der Waals surface area contributed by atoms with Crippen molar-refractivity contribution in [2.75, 3.05) is 0 Å². The van der Waals surface area contributed by atoms with Crippen molar-refractivity contribution >= 4 is 5.97 Å². The van der Waals surface area contributed by atoms with Crippen molar-refractivity contribution in [3.05, 3.63) is 29.8 Å². The summed E-state index contributed by atoms with van der Waals surface area (Å²) in [5, 5.41) is 8.56. The van der Waals surface area contributed by atoms with Gasteiger partial charge in [0, 0.05) is 0 Å². The molecule has 0 saturated heterocycles. The number of rotatable bonds is 4. The van der Waals surface area contributed by atoms with Crippen LogP contribution in [-0.4, -0.2) is 17.3 Å². The number of aliphatic carboxylic acids is 1. The van der Waals surface area contributed by atoms with Crippen molar-refractivity contribution in [3.8, 4) is 5.75 Å². The topological polar surface area (TPSA) is 72.5 Å². The Kier molecular flexibility index (Phi) is 3.48. The number of carboxylic acids is 1. The summed E-state index contributed by atoms with van der Waals surface area (Å²) in [4.78, 5) is 10.5. The minimum Gasteiger partial charge on any atom is -0.477 e. The summed E-state index contributed by atoms with van der Waals surface area (Å²) in [6.07, 6.45) is -0.523. The number of para-hydroxylation sites is 1. The lowest BCUT2D eigenvalue weighted by Crippen LogP contribution is -2.36. The molecule has 1 aromatic rings. The van der Waals surface area contributed by atoms with E-state index >= 15 is 0 Å². The molecule has 0 saturated carbocycles. The molecule has 0 bridgehead atoms. The van der Waals surface area contributed by atoms with Gasteiger partial charge in [0.15, 0.2) is 0 Å². The molecule has 1 unspecified atom stereocenters. The van der Waals surface area contributed by atoms with Crippen molar-refractivity contribution in [2.24, 2.45) is 5.73 Å². The third-order valence-corrected chi connectivity index (χ3v) is 1.85. The Morgan fingerprint density at radius 2 is 2.21 bits per heavy atom. The number of carbonyl (C=O) groups is 1. The lowest BCUT2D eigenvalue weighted by atomic mass is 10.1. The molecule has 3 N–H and O–H groups in total. The maximum absolute atomic E-state index is 10.5. The SMILES string of the molecule is CCc1ccccc1OC(N)C(=O)O. The molecule has 0 radical (unpaired) electrons. The van der Waals surface area contributed by atoms with Gasteiger partial charge in [-0.3, -0.25) is 5.73 Å². The Morgan fingerprint density at radius 1 is 1.57 bits per heavy atom. The summed E-state index contributed by atoms with van der Waals surface area (Å²) in [5.41, 5.74) is 6.20. The second-order valence-corrected chi connectivity index (χ2v) is 2.84. The van der Waals surface area contributed by atoms with Gasteiger partial charge in [0.05, 0.1) is 0 Å². The minimum atomic E-state index is -1.30. The lowest BCUT2D eigenvalue weighted by Gasteiger charge is -2.12. The third-order valence-electron chi connectivity index (χ3n) is 1.85. The monoisotopic (exact) mass is 195 g/mol. The quantitative estimate of drug-likeness (QED) is 0.703. The zero-order valence-electron chi connectivity index (χ0n) is 7.93. The smallest absolute Gasteiger partial charge is 0.360 e. The highest BCUT2D eigenvalue weighted by Gasteiger charge is 2.14. The average molecular weight is 195 g/mol. The van der Waals surface area contributed by atoms with E-state index in [4.69, 9.17) is 15.6 Å². The number of nitrogens with two attached hydrogens (primary N) is 1. The molecule has 1 rings (SSSR count). The zero-order chi connectivity index (χ0) is 10.6. The van der Waals surface area contributed by atoms with Gasteiger partial charge in [0.25, 0.3) is 0 Å². The van der Waals surface area contributed by atoms with Gasteiger partial charge in [-0.05, 0) is 18.1 Å². The van der Waals surface area contributed by atoms with Crippen LogP contribution in [0.15, 0.2) is 24.3 Å². The van der Waals surface area contributed by atoms with Crippen LogP contribution in [0, 0.1) is 0 Å². The van der Waals surface area contributed by atoms with E-state index in [1.165, 1.54) is 0 Å². The predicted octanol–water partition coefficient (Wildman–Crippen LogP) is 0.997. The molecule has 1 aromatic carbocycles. The van der Waals surface area contributed by atoms with E-state index in [1.54, 1.807) is 12.1 Å². The van der Waals surface area contributed by atoms with E-state index in [9.17, 15) is 4.79 Å². The number of ether oxygens (including phenoxy) is 1. The van der Waals surface area contributed by atoms with E-state index in [-0.39, 0.29) is 0 Å². The first-order valence-corrected chi connectivity index (χ1v) is 4.38. The van der Waals surface area contributed by atoms with Crippen LogP contribution >= 0.6 is 0 Å². The second kappa shape index (κ2) is 4.62. The van der Waals surface area contributed by atoms with Gasteiger partial charge in [0.1, 0.15) is 5.75 Å². The van der Waals surface area contributed by atoms with Crippen molar-refractivity contribution in [1.82, 2.24) is 0 Å². The molecule has 1 atom stereocenters. The number of hydrogen-bond donors (Lipinski definition) is 2. The van der Waals surface area contributed by atoms with Gasteiger partial charge in [0.2, 0.25) is 6.23 Å². The molecule has 0 spiro atoms. The first-order chi connectivity index (χ1) is 6.65. The van der Waals surface area contributed by atoms with E-state index in [2.05, 4.69) is 0 Å². The van der Waals surface area contributed by atoms with Crippen LogP contribution in [0.4, 0.5) is 0 Å². The van der Waals surface area contributed by atoms with Gasteiger partial charge >= 0.3 is 5.97 Å². The van der Waals surface area contributed by atoms with Crippen molar-refractivity contribution < 1.29 is 14.6 Å². The number of hydrogen-bond acceptors (Lipinski definition) is 3. The normalized spacial score (nSPS) is 12.1. The Hall–Kier alpha value is -1.55. The predicted molar refractivity (Wildman–Crippen MR) is 52.1 cm³/mol. The van der Waals surface area contributed by atoms with Crippen molar-refractivity contribution in [3.63, 3.8) is 0 Å². The summed E-state index contributed by atoms with van der Waals surface area (Å²) >= 11 is 0. The van der Waals surface area contributed by atoms with Crippen LogP contribution in [0.25, 0.3) is 0 Å². The molecule has 4 heteroatoms.